The van der Waals surface area contributed by atoms with E-state index in [1.165, 1.54) is 12.8 Å². The van der Waals surface area contributed by atoms with Gasteiger partial charge in [-0.05, 0) is 58.8 Å². The maximum absolute atomic E-state index is 12.1. The summed E-state index contributed by atoms with van der Waals surface area (Å²) in [5.41, 5.74) is -0.442. The van der Waals surface area contributed by atoms with E-state index < -0.39 is 5.60 Å². The number of hydrogen-bond donors (Lipinski definition) is 0. The minimum atomic E-state index is -0.442. The first-order valence-corrected chi connectivity index (χ1v) is 9.58. The van der Waals surface area contributed by atoms with Gasteiger partial charge in [-0.3, -0.25) is 9.59 Å². The number of rotatable bonds is 8. The van der Waals surface area contributed by atoms with Gasteiger partial charge < -0.3 is 9.47 Å². The van der Waals surface area contributed by atoms with Crippen molar-refractivity contribution in [3.8, 4) is 0 Å². The summed E-state index contributed by atoms with van der Waals surface area (Å²) in [7, 11) is 0. The zero-order chi connectivity index (χ0) is 18.2. The normalized spacial score (nSPS) is 21.6. The van der Waals surface area contributed by atoms with Gasteiger partial charge in [0.05, 0.1) is 18.4 Å². The molecule has 140 valence electrons. The number of ether oxygens (including phenoxy) is 2. The van der Waals surface area contributed by atoms with Gasteiger partial charge in [-0.1, -0.05) is 33.1 Å². The lowest BCUT2D eigenvalue weighted by molar-refractivity contribution is -0.163. The van der Waals surface area contributed by atoms with Crippen molar-refractivity contribution in [3.05, 3.63) is 0 Å². The molecule has 0 heterocycles. The topological polar surface area (TPSA) is 52.6 Å². The molecular weight excluding hydrogens is 304 g/mol. The van der Waals surface area contributed by atoms with Gasteiger partial charge in [0.2, 0.25) is 0 Å². The van der Waals surface area contributed by atoms with Gasteiger partial charge in [-0.25, -0.2) is 0 Å². The van der Waals surface area contributed by atoms with E-state index in [2.05, 4.69) is 13.8 Å². The van der Waals surface area contributed by atoms with E-state index >= 15 is 0 Å². The Morgan fingerprint density at radius 3 is 1.96 bits per heavy atom. The van der Waals surface area contributed by atoms with E-state index in [1.54, 1.807) is 0 Å². The van der Waals surface area contributed by atoms with E-state index in [-0.39, 0.29) is 23.8 Å². The molecular formula is C20H36O4. The van der Waals surface area contributed by atoms with Crippen LogP contribution in [0, 0.1) is 17.8 Å². The van der Waals surface area contributed by atoms with Gasteiger partial charge in [0, 0.05) is 0 Å². The molecule has 1 fully saturated rings. The summed E-state index contributed by atoms with van der Waals surface area (Å²) >= 11 is 0. The minimum absolute atomic E-state index is 0.0423. The largest absolute Gasteiger partial charge is 0.465 e. The molecule has 0 atom stereocenters. The zero-order valence-corrected chi connectivity index (χ0v) is 16.2. The van der Waals surface area contributed by atoms with Crippen LogP contribution < -0.4 is 0 Å². The fourth-order valence-electron chi connectivity index (χ4n) is 3.07. The van der Waals surface area contributed by atoms with Crippen LogP contribution in [0.4, 0.5) is 0 Å². The number of esters is 2. The summed E-state index contributed by atoms with van der Waals surface area (Å²) in [5.74, 6) is 0.428. The Labute approximate surface area is 147 Å². The van der Waals surface area contributed by atoms with Crippen LogP contribution in [0.15, 0.2) is 0 Å². The molecule has 0 spiro atoms. The van der Waals surface area contributed by atoms with Gasteiger partial charge in [-0.2, -0.15) is 0 Å². The first kappa shape index (κ1) is 21.0. The number of unbranched alkanes of at least 4 members (excludes halogenated alkanes) is 2. The second-order valence-corrected chi connectivity index (χ2v) is 8.49. The van der Waals surface area contributed by atoms with Crippen LogP contribution in [0.25, 0.3) is 0 Å². The SMILES string of the molecule is CC(C)CCCCCOC(=O)C1CCC(C(=O)OC(C)(C)C)CC1. The zero-order valence-electron chi connectivity index (χ0n) is 16.2. The van der Waals surface area contributed by atoms with Gasteiger partial charge in [0.25, 0.3) is 0 Å². The molecule has 0 N–H and O–H groups in total. The highest BCUT2D eigenvalue weighted by atomic mass is 16.6. The summed E-state index contributed by atoms with van der Waals surface area (Å²) in [6.07, 6.45) is 7.43. The molecule has 0 aliphatic heterocycles. The molecule has 1 aliphatic carbocycles. The highest BCUT2D eigenvalue weighted by molar-refractivity contribution is 5.75. The van der Waals surface area contributed by atoms with Gasteiger partial charge in [-0.15, -0.1) is 0 Å². The summed E-state index contributed by atoms with van der Waals surface area (Å²) in [4.78, 5) is 24.2. The second-order valence-electron chi connectivity index (χ2n) is 8.49. The Kier molecular flexibility index (Phi) is 8.79. The summed E-state index contributed by atoms with van der Waals surface area (Å²) < 4.78 is 10.8. The molecule has 1 rings (SSSR count). The average molecular weight is 341 g/mol. The van der Waals surface area contributed by atoms with Crippen molar-refractivity contribution in [3.63, 3.8) is 0 Å². The maximum atomic E-state index is 12.1. The number of carbonyl (C=O) groups excluding carboxylic acids is 2. The lowest BCUT2D eigenvalue weighted by Gasteiger charge is -2.28. The predicted molar refractivity (Wildman–Crippen MR) is 95.6 cm³/mol. The third-order valence-electron chi connectivity index (χ3n) is 4.47. The molecule has 0 saturated heterocycles. The standard InChI is InChI=1S/C20H36O4/c1-15(2)9-7-6-8-14-23-18(21)16-10-12-17(13-11-16)19(22)24-20(3,4)5/h15-17H,6-14H2,1-5H3. The molecule has 0 aromatic carbocycles. The van der Waals surface area contributed by atoms with E-state index in [4.69, 9.17) is 9.47 Å². The molecule has 0 amide bonds. The van der Waals surface area contributed by atoms with E-state index in [9.17, 15) is 9.59 Å². The lowest BCUT2D eigenvalue weighted by Crippen LogP contribution is -2.32. The molecule has 4 nitrogen and oxygen atoms in total. The lowest BCUT2D eigenvalue weighted by atomic mass is 9.82. The fraction of sp³-hybridized carbons (Fsp3) is 0.900. The van der Waals surface area contributed by atoms with Crippen LogP contribution in [0.2, 0.25) is 0 Å². The average Bonchev–Trinajstić information content (AvgIpc) is 2.48. The Morgan fingerprint density at radius 2 is 1.46 bits per heavy atom. The molecule has 0 aromatic rings. The predicted octanol–water partition coefficient (Wildman–Crippen LogP) is 4.89. The Balaban J connectivity index is 2.18. The Bertz CT molecular complexity index is 387. The van der Waals surface area contributed by atoms with Crippen molar-refractivity contribution < 1.29 is 19.1 Å². The van der Waals surface area contributed by atoms with Crippen molar-refractivity contribution >= 4 is 11.9 Å². The molecule has 1 aliphatic rings. The van der Waals surface area contributed by atoms with Crippen molar-refractivity contribution in [2.24, 2.45) is 17.8 Å². The van der Waals surface area contributed by atoms with Crippen LogP contribution in [0.3, 0.4) is 0 Å². The van der Waals surface area contributed by atoms with Gasteiger partial charge in [0.15, 0.2) is 0 Å². The molecule has 1 saturated carbocycles. The molecule has 0 unspecified atom stereocenters. The summed E-state index contributed by atoms with van der Waals surface area (Å²) in [6.45, 7) is 10.6. The van der Waals surface area contributed by atoms with E-state index in [0.29, 0.717) is 6.61 Å². The smallest absolute Gasteiger partial charge is 0.309 e. The fourth-order valence-corrected chi connectivity index (χ4v) is 3.07. The molecule has 4 heteroatoms. The van der Waals surface area contributed by atoms with Crippen molar-refractivity contribution in [1.82, 2.24) is 0 Å². The van der Waals surface area contributed by atoms with Crippen LogP contribution in [0.1, 0.15) is 86.0 Å². The van der Waals surface area contributed by atoms with E-state index in [1.807, 2.05) is 20.8 Å². The summed E-state index contributed by atoms with van der Waals surface area (Å²) in [5, 5.41) is 0. The highest BCUT2D eigenvalue weighted by Crippen LogP contribution is 2.31. The highest BCUT2D eigenvalue weighted by Gasteiger charge is 2.33. The minimum Gasteiger partial charge on any atom is -0.465 e. The van der Waals surface area contributed by atoms with Crippen LogP contribution in [0.5, 0.6) is 0 Å². The maximum Gasteiger partial charge on any atom is 0.309 e. The third-order valence-corrected chi connectivity index (χ3v) is 4.47. The number of carbonyl (C=O) groups is 2. The quantitative estimate of drug-likeness (QED) is 0.466. The molecule has 0 radical (unpaired) electrons. The van der Waals surface area contributed by atoms with Gasteiger partial charge in [0.1, 0.15) is 5.60 Å². The summed E-state index contributed by atoms with van der Waals surface area (Å²) in [6, 6.07) is 0. The third kappa shape index (κ3) is 8.70. The van der Waals surface area contributed by atoms with Crippen LogP contribution >= 0.6 is 0 Å². The second kappa shape index (κ2) is 10.0. The first-order valence-electron chi connectivity index (χ1n) is 9.58. The van der Waals surface area contributed by atoms with Gasteiger partial charge >= 0.3 is 11.9 Å². The van der Waals surface area contributed by atoms with Crippen molar-refractivity contribution in [2.75, 3.05) is 6.61 Å². The van der Waals surface area contributed by atoms with E-state index in [0.717, 1.165) is 44.4 Å². The molecule has 0 bridgehead atoms. The Hall–Kier alpha value is -1.06. The monoisotopic (exact) mass is 340 g/mol. The molecule has 0 aromatic heterocycles. The van der Waals surface area contributed by atoms with Crippen molar-refractivity contribution in [2.45, 2.75) is 91.6 Å². The van der Waals surface area contributed by atoms with Crippen LogP contribution in [-0.4, -0.2) is 24.1 Å². The first-order chi connectivity index (χ1) is 11.2. The molecule has 24 heavy (non-hydrogen) atoms. The van der Waals surface area contributed by atoms with Crippen molar-refractivity contribution in [1.29, 1.82) is 0 Å². The Morgan fingerprint density at radius 1 is 0.917 bits per heavy atom. The van der Waals surface area contributed by atoms with Crippen LogP contribution in [-0.2, 0) is 19.1 Å². The number of hydrogen-bond acceptors (Lipinski definition) is 4.